The maximum absolute atomic E-state index is 12.4. The third-order valence-electron chi connectivity index (χ3n) is 3.32. The Morgan fingerprint density at radius 1 is 1.45 bits per heavy atom. The van der Waals surface area contributed by atoms with Gasteiger partial charge in [-0.05, 0) is 49.1 Å². The lowest BCUT2D eigenvalue weighted by molar-refractivity contribution is 0.0940. The molecule has 0 aromatic carbocycles. The van der Waals surface area contributed by atoms with Crippen molar-refractivity contribution >= 4 is 44.4 Å². The molecule has 5 nitrogen and oxygen atoms in total. The monoisotopic (exact) mass is 354 g/mol. The number of nitrogens with one attached hydrogen (secondary N) is 1. The van der Waals surface area contributed by atoms with Crippen LogP contribution in [0.1, 0.15) is 25.0 Å². The summed E-state index contributed by atoms with van der Waals surface area (Å²) in [5.41, 5.74) is 0.770. The highest BCUT2D eigenvalue weighted by Gasteiger charge is 2.33. The number of aromatic nitrogens is 1. The van der Waals surface area contributed by atoms with E-state index in [2.05, 4.69) is 10.3 Å². The molecule has 116 valence electrons. The first kappa shape index (κ1) is 15.4. The van der Waals surface area contributed by atoms with E-state index in [9.17, 15) is 8.42 Å². The Hall–Kier alpha value is -1.51. The number of ether oxygens (including phenoxy) is 1. The number of anilines is 1. The standard InChI is InChI=1S/C14H14N2O3S3/c1-14(2)10-6-9(7-15-12(10)16-13(20)19-14)8-22(17,18)11-4-3-5-21-11/h3-7H,8H2,1-2H3,(H,15,16,20). The second-order valence-electron chi connectivity index (χ2n) is 5.46. The summed E-state index contributed by atoms with van der Waals surface area (Å²) < 4.78 is 30.7. The summed E-state index contributed by atoms with van der Waals surface area (Å²) in [4.78, 5) is 4.29. The fraction of sp³-hybridized carbons (Fsp3) is 0.286. The number of thiophene rings is 1. The average Bonchev–Trinajstić information content (AvgIpc) is 2.93. The van der Waals surface area contributed by atoms with Crippen LogP contribution in [-0.4, -0.2) is 18.6 Å². The van der Waals surface area contributed by atoms with E-state index in [1.165, 1.54) is 11.3 Å². The van der Waals surface area contributed by atoms with Gasteiger partial charge in [-0.15, -0.1) is 11.3 Å². The number of hydrogen-bond donors (Lipinski definition) is 1. The van der Waals surface area contributed by atoms with Crippen LogP contribution in [0.15, 0.2) is 34.0 Å². The third-order valence-corrected chi connectivity index (χ3v) is 6.68. The molecule has 0 saturated carbocycles. The minimum absolute atomic E-state index is 0.0890. The van der Waals surface area contributed by atoms with Crippen molar-refractivity contribution in [2.24, 2.45) is 0 Å². The van der Waals surface area contributed by atoms with Gasteiger partial charge in [-0.1, -0.05) is 6.07 Å². The Balaban J connectivity index is 1.96. The molecule has 8 heteroatoms. The lowest BCUT2D eigenvalue weighted by Crippen LogP contribution is -2.35. The van der Waals surface area contributed by atoms with Crippen molar-refractivity contribution in [3.8, 4) is 0 Å². The number of nitrogens with zero attached hydrogens (tertiary/aromatic N) is 1. The van der Waals surface area contributed by atoms with Crippen molar-refractivity contribution < 1.29 is 13.2 Å². The van der Waals surface area contributed by atoms with Crippen LogP contribution in [0.3, 0.4) is 0 Å². The van der Waals surface area contributed by atoms with Gasteiger partial charge in [-0.25, -0.2) is 13.4 Å². The molecule has 0 spiro atoms. The number of sulfone groups is 1. The summed E-state index contributed by atoms with van der Waals surface area (Å²) in [6, 6.07) is 5.14. The smallest absolute Gasteiger partial charge is 0.263 e. The largest absolute Gasteiger partial charge is 0.460 e. The summed E-state index contributed by atoms with van der Waals surface area (Å²) in [6.45, 7) is 3.75. The molecular weight excluding hydrogens is 340 g/mol. The fourth-order valence-corrected chi connectivity index (χ4v) is 4.99. The van der Waals surface area contributed by atoms with Crippen molar-refractivity contribution in [1.29, 1.82) is 0 Å². The Kier molecular flexibility index (Phi) is 3.70. The van der Waals surface area contributed by atoms with E-state index >= 15 is 0 Å². The molecule has 0 saturated heterocycles. The summed E-state index contributed by atoms with van der Waals surface area (Å²) in [5.74, 6) is 0.521. The summed E-state index contributed by atoms with van der Waals surface area (Å²) in [6.07, 6.45) is 1.56. The van der Waals surface area contributed by atoms with Crippen molar-refractivity contribution in [2.45, 2.75) is 29.4 Å². The Morgan fingerprint density at radius 2 is 2.23 bits per heavy atom. The molecule has 2 aromatic heterocycles. The lowest BCUT2D eigenvalue weighted by atomic mass is 9.96. The van der Waals surface area contributed by atoms with Crippen molar-refractivity contribution in [3.05, 3.63) is 40.9 Å². The first-order chi connectivity index (χ1) is 10.3. The second-order valence-corrected chi connectivity index (χ2v) is 8.99. The van der Waals surface area contributed by atoms with E-state index in [4.69, 9.17) is 17.0 Å². The predicted molar refractivity (Wildman–Crippen MR) is 89.8 cm³/mol. The number of fused-ring (bicyclic) bond motifs is 1. The zero-order valence-corrected chi connectivity index (χ0v) is 14.4. The van der Waals surface area contributed by atoms with Gasteiger partial charge >= 0.3 is 0 Å². The van der Waals surface area contributed by atoms with E-state index in [0.29, 0.717) is 15.6 Å². The summed E-state index contributed by atoms with van der Waals surface area (Å²) in [5, 5.41) is 4.90. The van der Waals surface area contributed by atoms with E-state index < -0.39 is 15.4 Å². The molecule has 0 bridgehead atoms. The van der Waals surface area contributed by atoms with E-state index in [1.54, 1.807) is 23.7 Å². The van der Waals surface area contributed by atoms with Crippen LogP contribution in [-0.2, 0) is 25.9 Å². The molecule has 0 radical (unpaired) electrons. The van der Waals surface area contributed by atoms with Gasteiger partial charge in [0.2, 0.25) is 0 Å². The first-order valence-electron chi connectivity index (χ1n) is 6.54. The van der Waals surface area contributed by atoms with Gasteiger partial charge in [0, 0.05) is 11.8 Å². The molecule has 0 aliphatic carbocycles. The molecule has 1 aliphatic rings. The normalized spacial score (nSPS) is 16.5. The molecular formula is C14H14N2O3S3. The van der Waals surface area contributed by atoms with Crippen molar-refractivity contribution in [1.82, 2.24) is 4.98 Å². The van der Waals surface area contributed by atoms with Gasteiger partial charge < -0.3 is 10.1 Å². The Bertz CT molecular complexity index is 827. The maximum Gasteiger partial charge on any atom is 0.263 e. The minimum Gasteiger partial charge on any atom is -0.460 e. The van der Waals surface area contributed by atoms with Gasteiger partial charge in [0.25, 0.3) is 5.17 Å². The van der Waals surface area contributed by atoms with Crippen molar-refractivity contribution in [2.75, 3.05) is 5.32 Å². The molecule has 1 aliphatic heterocycles. The molecule has 0 fully saturated rings. The number of thiocarbonyl (C=S) groups is 1. The number of pyridine rings is 1. The van der Waals surface area contributed by atoms with Crippen LogP contribution in [0.4, 0.5) is 5.82 Å². The third kappa shape index (κ3) is 2.86. The van der Waals surface area contributed by atoms with Gasteiger partial charge in [0.05, 0.1) is 5.75 Å². The molecule has 22 heavy (non-hydrogen) atoms. The molecule has 3 rings (SSSR count). The first-order valence-corrected chi connectivity index (χ1v) is 9.48. The SMILES string of the molecule is CC1(C)OC(=S)Nc2ncc(CS(=O)(=O)c3cccs3)cc21. The van der Waals surface area contributed by atoms with Gasteiger partial charge in [-0.2, -0.15) is 0 Å². The van der Waals surface area contributed by atoms with Crippen LogP contribution in [0.2, 0.25) is 0 Å². The van der Waals surface area contributed by atoms with E-state index in [-0.39, 0.29) is 10.9 Å². The zero-order valence-electron chi connectivity index (χ0n) is 12.0. The topological polar surface area (TPSA) is 68.3 Å². The van der Waals surface area contributed by atoms with Gasteiger partial charge in [-0.3, -0.25) is 0 Å². The van der Waals surface area contributed by atoms with Crippen LogP contribution in [0, 0.1) is 0 Å². The van der Waals surface area contributed by atoms with E-state index in [0.717, 1.165) is 5.56 Å². The number of hydrogen-bond acceptors (Lipinski definition) is 6. The molecule has 0 atom stereocenters. The van der Waals surface area contributed by atoms with Gasteiger partial charge in [0.15, 0.2) is 9.84 Å². The Morgan fingerprint density at radius 3 is 2.91 bits per heavy atom. The van der Waals surface area contributed by atoms with Crippen LogP contribution >= 0.6 is 23.6 Å². The molecule has 0 amide bonds. The quantitative estimate of drug-likeness (QED) is 0.855. The second kappa shape index (κ2) is 5.29. The zero-order chi connectivity index (χ0) is 16.0. The Labute approximate surface area is 138 Å². The maximum atomic E-state index is 12.4. The van der Waals surface area contributed by atoms with Crippen LogP contribution < -0.4 is 5.32 Å². The van der Waals surface area contributed by atoms with Crippen LogP contribution in [0.5, 0.6) is 0 Å². The number of rotatable bonds is 3. The minimum atomic E-state index is -3.35. The molecule has 3 heterocycles. The molecule has 0 unspecified atom stereocenters. The molecule has 1 N–H and O–H groups in total. The fourth-order valence-electron chi connectivity index (χ4n) is 2.29. The summed E-state index contributed by atoms with van der Waals surface area (Å²) >= 11 is 6.25. The van der Waals surface area contributed by atoms with Gasteiger partial charge in [0.1, 0.15) is 15.6 Å². The highest BCUT2D eigenvalue weighted by Crippen LogP contribution is 2.35. The van der Waals surface area contributed by atoms with Crippen LogP contribution in [0.25, 0.3) is 0 Å². The van der Waals surface area contributed by atoms with Crippen molar-refractivity contribution in [3.63, 3.8) is 0 Å². The van der Waals surface area contributed by atoms with E-state index in [1.807, 2.05) is 19.9 Å². The highest BCUT2D eigenvalue weighted by atomic mass is 32.2. The predicted octanol–water partition coefficient (Wildman–Crippen LogP) is 3.08. The summed E-state index contributed by atoms with van der Waals surface area (Å²) in [7, 11) is -3.35. The lowest BCUT2D eigenvalue weighted by Gasteiger charge is -2.33. The highest BCUT2D eigenvalue weighted by molar-refractivity contribution is 7.92. The molecule has 2 aromatic rings. The average molecular weight is 354 g/mol.